The number of carbonyl (C=O) groups is 1. The Morgan fingerprint density at radius 2 is 1.75 bits per heavy atom. The number of carbonyl (C=O) groups excluding carboxylic acids is 1. The molecule has 7 heteroatoms. The number of halogens is 1. The van der Waals surface area contributed by atoms with Crippen molar-refractivity contribution >= 4 is 33.2 Å². The molecule has 6 nitrogen and oxygen atoms in total. The van der Waals surface area contributed by atoms with Crippen molar-refractivity contribution in [2.45, 2.75) is 13.5 Å². The Hall–Kier alpha value is -3.19. The molecule has 3 aromatic carbocycles. The highest BCUT2D eigenvalue weighted by molar-refractivity contribution is 9.10. The number of amides is 1. The second-order valence-corrected chi connectivity index (χ2v) is 7.09. The maximum absolute atomic E-state index is 12.4. The number of hydrogen-bond acceptors (Lipinski definition) is 4. The van der Waals surface area contributed by atoms with Crippen LogP contribution >= 0.6 is 15.9 Å². The first-order valence-electron chi connectivity index (χ1n) is 8.46. The second-order valence-electron chi connectivity index (χ2n) is 6.17. The average Bonchev–Trinajstić information content (AvgIpc) is 2.69. The second kappa shape index (κ2) is 8.67. The van der Waals surface area contributed by atoms with Crippen LogP contribution in [0.15, 0.2) is 71.2 Å². The van der Waals surface area contributed by atoms with E-state index in [0.29, 0.717) is 12.2 Å². The van der Waals surface area contributed by atoms with Gasteiger partial charge in [0, 0.05) is 16.1 Å². The molecule has 28 heavy (non-hydrogen) atoms. The molecule has 0 bridgehead atoms. The molecular formula is C21H17BrN2O4. The van der Waals surface area contributed by atoms with E-state index in [4.69, 9.17) is 4.74 Å². The summed E-state index contributed by atoms with van der Waals surface area (Å²) < 4.78 is 6.68. The fourth-order valence-electron chi connectivity index (χ4n) is 2.54. The average molecular weight is 441 g/mol. The molecule has 1 N–H and O–H groups in total. The number of hydrogen-bond donors (Lipinski definition) is 1. The third-order valence-corrected chi connectivity index (χ3v) is 4.56. The quantitative estimate of drug-likeness (QED) is 0.405. The van der Waals surface area contributed by atoms with Gasteiger partial charge in [-0.15, -0.1) is 0 Å². The molecule has 0 aliphatic rings. The highest BCUT2D eigenvalue weighted by Crippen LogP contribution is 2.26. The van der Waals surface area contributed by atoms with Gasteiger partial charge in [0.05, 0.1) is 4.92 Å². The summed E-state index contributed by atoms with van der Waals surface area (Å²) in [6, 6.07) is 19.1. The van der Waals surface area contributed by atoms with E-state index in [-0.39, 0.29) is 11.4 Å². The van der Waals surface area contributed by atoms with Crippen LogP contribution in [-0.2, 0) is 6.61 Å². The number of nitro benzene ring substituents is 1. The van der Waals surface area contributed by atoms with Gasteiger partial charge in [-0.2, -0.15) is 0 Å². The molecule has 0 spiro atoms. The molecule has 142 valence electrons. The molecule has 0 atom stereocenters. The monoisotopic (exact) mass is 440 g/mol. The van der Waals surface area contributed by atoms with Crippen molar-refractivity contribution in [2.24, 2.45) is 0 Å². The topological polar surface area (TPSA) is 81.5 Å². The van der Waals surface area contributed by atoms with Gasteiger partial charge in [0.25, 0.3) is 11.6 Å². The SMILES string of the molecule is Cc1ccc(NC(=O)c2ccc(COc3ccc(Br)cc3)cc2)c([N+](=O)[O-])c1. The van der Waals surface area contributed by atoms with Gasteiger partial charge in [0.2, 0.25) is 0 Å². The molecule has 0 unspecified atom stereocenters. The minimum Gasteiger partial charge on any atom is -0.489 e. The van der Waals surface area contributed by atoms with E-state index in [1.54, 1.807) is 37.3 Å². The Morgan fingerprint density at radius 3 is 2.39 bits per heavy atom. The van der Waals surface area contributed by atoms with Crippen LogP contribution in [0.2, 0.25) is 0 Å². The van der Waals surface area contributed by atoms with E-state index in [1.807, 2.05) is 24.3 Å². The molecule has 3 rings (SSSR count). The van der Waals surface area contributed by atoms with Crippen molar-refractivity contribution in [3.8, 4) is 5.75 Å². The van der Waals surface area contributed by atoms with Crippen molar-refractivity contribution in [1.29, 1.82) is 0 Å². The summed E-state index contributed by atoms with van der Waals surface area (Å²) in [6.07, 6.45) is 0. The number of nitrogens with zero attached hydrogens (tertiary/aromatic N) is 1. The van der Waals surface area contributed by atoms with Crippen molar-refractivity contribution < 1.29 is 14.5 Å². The molecule has 0 aromatic heterocycles. The Labute approximate surface area is 170 Å². The lowest BCUT2D eigenvalue weighted by molar-refractivity contribution is -0.384. The summed E-state index contributed by atoms with van der Waals surface area (Å²) >= 11 is 3.37. The fourth-order valence-corrected chi connectivity index (χ4v) is 2.81. The van der Waals surface area contributed by atoms with E-state index in [9.17, 15) is 14.9 Å². The lowest BCUT2D eigenvalue weighted by Gasteiger charge is -2.09. The molecule has 0 heterocycles. The van der Waals surface area contributed by atoms with E-state index in [2.05, 4.69) is 21.2 Å². The molecule has 0 saturated carbocycles. The van der Waals surface area contributed by atoms with Crippen LogP contribution < -0.4 is 10.1 Å². The molecule has 0 radical (unpaired) electrons. The summed E-state index contributed by atoms with van der Waals surface area (Å²) in [5.41, 5.74) is 2.10. The zero-order valence-corrected chi connectivity index (χ0v) is 16.6. The highest BCUT2D eigenvalue weighted by Gasteiger charge is 2.16. The van der Waals surface area contributed by atoms with Crippen molar-refractivity contribution in [2.75, 3.05) is 5.32 Å². The largest absolute Gasteiger partial charge is 0.489 e. The predicted octanol–water partition coefficient (Wildman–Crippen LogP) is 5.50. The summed E-state index contributed by atoms with van der Waals surface area (Å²) in [4.78, 5) is 23.1. The molecular weight excluding hydrogens is 424 g/mol. The highest BCUT2D eigenvalue weighted by atomic mass is 79.9. The molecule has 1 amide bonds. The number of benzene rings is 3. The lowest BCUT2D eigenvalue weighted by atomic mass is 10.1. The summed E-state index contributed by atoms with van der Waals surface area (Å²) in [7, 11) is 0. The van der Waals surface area contributed by atoms with Crippen LogP contribution in [0.4, 0.5) is 11.4 Å². The fraction of sp³-hybridized carbons (Fsp3) is 0.0952. The lowest BCUT2D eigenvalue weighted by Crippen LogP contribution is -2.13. The summed E-state index contributed by atoms with van der Waals surface area (Å²) in [5, 5.41) is 13.8. The Morgan fingerprint density at radius 1 is 1.07 bits per heavy atom. The molecule has 3 aromatic rings. The Balaban J connectivity index is 1.65. The van der Waals surface area contributed by atoms with Gasteiger partial charge in [-0.1, -0.05) is 34.1 Å². The standard InChI is InChI=1S/C21H17BrN2O4/c1-14-2-11-19(20(12-14)24(26)27)23-21(25)16-5-3-15(4-6-16)13-28-18-9-7-17(22)8-10-18/h2-12H,13H2,1H3,(H,23,25). The van der Waals surface area contributed by atoms with Crippen molar-refractivity contribution in [3.05, 3.63) is 98.0 Å². The maximum Gasteiger partial charge on any atom is 0.293 e. The van der Waals surface area contributed by atoms with Crippen molar-refractivity contribution in [3.63, 3.8) is 0 Å². The van der Waals surface area contributed by atoms with Gasteiger partial charge < -0.3 is 10.1 Å². The summed E-state index contributed by atoms with van der Waals surface area (Å²) in [5.74, 6) is 0.337. The van der Waals surface area contributed by atoms with Crippen LogP contribution in [-0.4, -0.2) is 10.8 Å². The predicted molar refractivity (Wildman–Crippen MR) is 111 cm³/mol. The Bertz CT molecular complexity index is 1000. The number of aryl methyl sites for hydroxylation is 1. The van der Waals surface area contributed by atoms with Crippen LogP contribution in [0.1, 0.15) is 21.5 Å². The smallest absolute Gasteiger partial charge is 0.293 e. The minimum absolute atomic E-state index is 0.132. The maximum atomic E-state index is 12.4. The third-order valence-electron chi connectivity index (χ3n) is 4.03. The Kier molecular flexibility index (Phi) is 6.06. The molecule has 0 saturated heterocycles. The van der Waals surface area contributed by atoms with Crippen LogP contribution in [0, 0.1) is 17.0 Å². The van der Waals surface area contributed by atoms with Crippen LogP contribution in [0.25, 0.3) is 0 Å². The third kappa shape index (κ3) is 4.95. The molecule has 0 fully saturated rings. The molecule has 0 aliphatic carbocycles. The van der Waals surface area contributed by atoms with E-state index < -0.39 is 10.8 Å². The van der Waals surface area contributed by atoms with Gasteiger partial charge >= 0.3 is 0 Å². The van der Waals surface area contributed by atoms with Crippen LogP contribution in [0.3, 0.4) is 0 Å². The number of nitrogens with one attached hydrogen (secondary N) is 1. The number of rotatable bonds is 6. The van der Waals surface area contributed by atoms with Gasteiger partial charge in [-0.3, -0.25) is 14.9 Å². The first-order valence-corrected chi connectivity index (χ1v) is 9.25. The van der Waals surface area contributed by atoms with E-state index in [0.717, 1.165) is 21.3 Å². The van der Waals surface area contributed by atoms with E-state index in [1.165, 1.54) is 12.1 Å². The van der Waals surface area contributed by atoms with Gasteiger partial charge in [0.15, 0.2) is 0 Å². The zero-order valence-electron chi connectivity index (χ0n) is 15.0. The van der Waals surface area contributed by atoms with Gasteiger partial charge in [-0.05, 0) is 60.5 Å². The summed E-state index contributed by atoms with van der Waals surface area (Å²) in [6.45, 7) is 2.13. The number of anilines is 1. The normalized spacial score (nSPS) is 10.4. The minimum atomic E-state index is -0.509. The first kappa shape index (κ1) is 19.6. The van der Waals surface area contributed by atoms with Crippen LogP contribution in [0.5, 0.6) is 5.75 Å². The van der Waals surface area contributed by atoms with E-state index >= 15 is 0 Å². The number of nitro groups is 1. The van der Waals surface area contributed by atoms with Gasteiger partial charge in [0.1, 0.15) is 18.0 Å². The molecule has 0 aliphatic heterocycles. The number of ether oxygens (including phenoxy) is 1. The first-order chi connectivity index (χ1) is 13.4. The zero-order chi connectivity index (χ0) is 20.1. The van der Waals surface area contributed by atoms with Crippen molar-refractivity contribution in [1.82, 2.24) is 0 Å². The van der Waals surface area contributed by atoms with Gasteiger partial charge in [-0.25, -0.2) is 0 Å².